The fourth-order valence-corrected chi connectivity index (χ4v) is 2.59. The normalized spacial score (nSPS) is 13.4. The van der Waals surface area contributed by atoms with E-state index in [1.165, 1.54) is 0 Å². The lowest BCUT2D eigenvalue weighted by Gasteiger charge is -2.19. The highest BCUT2D eigenvalue weighted by Gasteiger charge is 2.18. The van der Waals surface area contributed by atoms with Gasteiger partial charge in [0.15, 0.2) is 13.1 Å². The third kappa shape index (κ3) is 6.71. The number of rotatable bonds is 9. The maximum Gasteiger partial charge on any atom is 0.279 e. The fourth-order valence-electron chi connectivity index (χ4n) is 2.59. The summed E-state index contributed by atoms with van der Waals surface area (Å²) in [6.45, 7) is 11.5. The van der Waals surface area contributed by atoms with Crippen molar-refractivity contribution in [2.75, 3.05) is 25.0 Å². The van der Waals surface area contributed by atoms with E-state index in [0.29, 0.717) is 12.5 Å². The third-order valence-electron chi connectivity index (χ3n) is 4.15. The summed E-state index contributed by atoms with van der Waals surface area (Å²) in [5.41, 5.74) is 2.03. The van der Waals surface area contributed by atoms with Crippen molar-refractivity contribution in [2.45, 2.75) is 53.0 Å². The van der Waals surface area contributed by atoms with E-state index < -0.39 is 0 Å². The van der Waals surface area contributed by atoms with E-state index in [1.807, 2.05) is 39.0 Å². The van der Waals surface area contributed by atoms with Gasteiger partial charge in [0.05, 0.1) is 6.54 Å². The second-order valence-electron chi connectivity index (χ2n) is 6.62. The van der Waals surface area contributed by atoms with E-state index in [1.54, 1.807) is 0 Å². The highest BCUT2D eigenvalue weighted by Crippen LogP contribution is 2.26. The molecule has 0 aliphatic rings. The molecular formula is C19H32N3O2+. The van der Waals surface area contributed by atoms with E-state index >= 15 is 0 Å². The molecule has 1 aromatic carbocycles. The van der Waals surface area contributed by atoms with Gasteiger partial charge in [-0.15, -0.1) is 0 Å². The molecule has 0 aliphatic carbocycles. The monoisotopic (exact) mass is 334 g/mol. The molecule has 2 amide bonds. The lowest BCUT2D eigenvalue weighted by atomic mass is 9.97. The van der Waals surface area contributed by atoms with E-state index in [9.17, 15) is 9.59 Å². The molecule has 1 unspecified atom stereocenters. The fraction of sp³-hybridized carbons (Fsp3) is 0.579. The number of para-hydroxylation sites is 1. The van der Waals surface area contributed by atoms with Crippen molar-refractivity contribution >= 4 is 17.5 Å². The van der Waals surface area contributed by atoms with Crippen molar-refractivity contribution in [2.24, 2.45) is 0 Å². The average molecular weight is 334 g/mol. The molecule has 0 spiro atoms. The number of carbonyl (C=O) groups is 2. The minimum absolute atomic E-state index is 0.0188. The highest BCUT2D eigenvalue weighted by molar-refractivity contribution is 5.92. The Balaban J connectivity index is 2.66. The van der Waals surface area contributed by atoms with Crippen molar-refractivity contribution < 1.29 is 14.5 Å². The van der Waals surface area contributed by atoms with Crippen LogP contribution in [0.4, 0.5) is 5.69 Å². The van der Waals surface area contributed by atoms with Gasteiger partial charge >= 0.3 is 0 Å². The van der Waals surface area contributed by atoms with Crippen LogP contribution in [0.2, 0.25) is 0 Å². The molecule has 0 bridgehead atoms. The molecule has 0 heterocycles. The minimum atomic E-state index is -0.0556. The van der Waals surface area contributed by atoms with E-state index in [0.717, 1.165) is 29.1 Å². The smallest absolute Gasteiger partial charge is 0.279 e. The van der Waals surface area contributed by atoms with Gasteiger partial charge in [-0.05, 0) is 44.7 Å². The quantitative estimate of drug-likeness (QED) is 0.642. The molecule has 1 aromatic rings. The van der Waals surface area contributed by atoms with Crippen molar-refractivity contribution in [3.8, 4) is 0 Å². The summed E-state index contributed by atoms with van der Waals surface area (Å²) in [5, 5.41) is 5.88. The van der Waals surface area contributed by atoms with Gasteiger partial charge in [0.2, 0.25) is 0 Å². The Kier molecular flexibility index (Phi) is 8.47. The van der Waals surface area contributed by atoms with Crippen molar-refractivity contribution in [3.63, 3.8) is 0 Å². The largest absolute Gasteiger partial charge is 0.349 e. The Morgan fingerprint density at radius 3 is 2.25 bits per heavy atom. The molecule has 3 N–H and O–H groups in total. The molecule has 0 radical (unpaired) electrons. The predicted molar refractivity (Wildman–Crippen MR) is 98.3 cm³/mol. The zero-order valence-electron chi connectivity index (χ0n) is 15.6. The number of nitrogens with one attached hydrogen (secondary N) is 3. The van der Waals surface area contributed by atoms with Crippen LogP contribution in [-0.4, -0.2) is 37.5 Å². The van der Waals surface area contributed by atoms with Gasteiger partial charge in [0, 0.05) is 11.7 Å². The van der Waals surface area contributed by atoms with Gasteiger partial charge in [-0.1, -0.05) is 32.0 Å². The standard InChI is InChI=1S/C19H31N3O2/c1-6-15(5)16-10-8-9-11-17(16)21-19(24)13-22(7-2)12-18(23)20-14(3)4/h8-11,14-15H,6-7,12-13H2,1-5H3,(H,20,23)(H,21,24)/p+1/t15-/m0/s1. The maximum atomic E-state index is 12.4. The Morgan fingerprint density at radius 1 is 1.04 bits per heavy atom. The lowest BCUT2D eigenvalue weighted by Crippen LogP contribution is -3.14. The van der Waals surface area contributed by atoms with Crippen LogP contribution in [0.15, 0.2) is 24.3 Å². The van der Waals surface area contributed by atoms with E-state index in [4.69, 9.17) is 0 Å². The molecule has 134 valence electrons. The molecule has 0 saturated heterocycles. The summed E-state index contributed by atoms with van der Waals surface area (Å²) in [4.78, 5) is 25.2. The molecule has 0 fully saturated rings. The second-order valence-corrected chi connectivity index (χ2v) is 6.62. The molecule has 24 heavy (non-hydrogen) atoms. The summed E-state index contributed by atoms with van der Waals surface area (Å²) in [7, 11) is 0. The van der Waals surface area contributed by atoms with Crippen molar-refractivity contribution in [3.05, 3.63) is 29.8 Å². The van der Waals surface area contributed by atoms with E-state index in [2.05, 4.69) is 30.5 Å². The predicted octanol–water partition coefficient (Wildman–Crippen LogP) is 1.57. The minimum Gasteiger partial charge on any atom is -0.349 e. The SMILES string of the molecule is CC[C@H](C)c1ccccc1NC(=O)C[NH+](CC)CC(=O)NC(C)C. The zero-order valence-corrected chi connectivity index (χ0v) is 15.6. The number of likely N-dealkylation sites (N-methyl/N-ethyl adjacent to an activating group) is 1. The highest BCUT2D eigenvalue weighted by atomic mass is 16.2. The van der Waals surface area contributed by atoms with Gasteiger partial charge in [-0.25, -0.2) is 0 Å². The van der Waals surface area contributed by atoms with E-state index in [-0.39, 0.29) is 24.4 Å². The van der Waals surface area contributed by atoms with Gasteiger partial charge < -0.3 is 15.5 Å². The van der Waals surface area contributed by atoms with Crippen LogP contribution in [0.1, 0.15) is 52.5 Å². The average Bonchev–Trinajstić information content (AvgIpc) is 2.53. The lowest BCUT2D eigenvalue weighted by molar-refractivity contribution is -0.881. The van der Waals surface area contributed by atoms with Crippen molar-refractivity contribution in [1.29, 1.82) is 0 Å². The number of hydrogen-bond acceptors (Lipinski definition) is 2. The number of hydrogen-bond donors (Lipinski definition) is 3. The molecule has 0 aliphatic heterocycles. The first kappa shape index (κ1) is 20.2. The maximum absolute atomic E-state index is 12.4. The molecule has 5 heteroatoms. The summed E-state index contributed by atoms with van der Waals surface area (Å²) < 4.78 is 0. The van der Waals surface area contributed by atoms with Crippen LogP contribution < -0.4 is 15.5 Å². The summed E-state index contributed by atoms with van der Waals surface area (Å²) in [5.74, 6) is 0.322. The number of quaternary nitrogens is 1. The first-order chi connectivity index (χ1) is 11.4. The third-order valence-corrected chi connectivity index (χ3v) is 4.15. The Hall–Kier alpha value is -1.88. The zero-order chi connectivity index (χ0) is 18.1. The molecule has 0 aromatic heterocycles. The first-order valence-corrected chi connectivity index (χ1v) is 8.89. The molecular weight excluding hydrogens is 302 g/mol. The summed E-state index contributed by atoms with van der Waals surface area (Å²) in [6, 6.07) is 8.05. The van der Waals surface area contributed by atoms with Gasteiger partial charge in [0.25, 0.3) is 11.8 Å². The van der Waals surface area contributed by atoms with Crippen LogP contribution in [-0.2, 0) is 9.59 Å². The van der Waals surface area contributed by atoms with Crippen LogP contribution >= 0.6 is 0 Å². The topological polar surface area (TPSA) is 62.6 Å². The van der Waals surface area contributed by atoms with Crippen LogP contribution in [0, 0.1) is 0 Å². The summed E-state index contributed by atoms with van der Waals surface area (Å²) >= 11 is 0. The molecule has 5 nitrogen and oxygen atoms in total. The first-order valence-electron chi connectivity index (χ1n) is 8.89. The van der Waals surface area contributed by atoms with Crippen molar-refractivity contribution in [1.82, 2.24) is 5.32 Å². The van der Waals surface area contributed by atoms with Gasteiger partial charge in [0.1, 0.15) is 0 Å². The molecule has 2 atom stereocenters. The Labute approximate surface area is 145 Å². The van der Waals surface area contributed by atoms with Gasteiger partial charge in [-0.2, -0.15) is 0 Å². The summed E-state index contributed by atoms with van der Waals surface area (Å²) in [6.07, 6.45) is 1.02. The number of amides is 2. The Bertz CT molecular complexity index is 543. The Morgan fingerprint density at radius 2 is 1.67 bits per heavy atom. The van der Waals surface area contributed by atoms with Crippen LogP contribution in [0.25, 0.3) is 0 Å². The molecule has 0 saturated carbocycles. The van der Waals surface area contributed by atoms with Gasteiger partial charge in [-0.3, -0.25) is 9.59 Å². The number of anilines is 1. The molecule has 1 rings (SSSR count). The number of carbonyl (C=O) groups excluding carboxylic acids is 2. The van der Waals surface area contributed by atoms with Crippen LogP contribution in [0.5, 0.6) is 0 Å². The number of benzene rings is 1. The second kappa shape index (κ2) is 10.1. The van der Waals surface area contributed by atoms with Crippen LogP contribution in [0.3, 0.4) is 0 Å².